The van der Waals surface area contributed by atoms with Crippen molar-refractivity contribution < 1.29 is 4.74 Å². The van der Waals surface area contributed by atoms with E-state index >= 15 is 0 Å². The third-order valence-corrected chi connectivity index (χ3v) is 3.82. The quantitative estimate of drug-likeness (QED) is 0.646. The number of benzene rings is 1. The second kappa shape index (κ2) is 7.79. The van der Waals surface area contributed by atoms with Crippen LogP contribution >= 0.6 is 0 Å². The molecule has 0 aliphatic rings. The molecule has 1 N–H and O–H groups in total. The van der Waals surface area contributed by atoms with Crippen LogP contribution in [0.3, 0.4) is 0 Å². The molecule has 3 aromatic rings. The zero-order valence-corrected chi connectivity index (χ0v) is 13.5. The van der Waals surface area contributed by atoms with E-state index in [1.807, 2.05) is 18.2 Å². The van der Waals surface area contributed by atoms with Crippen molar-refractivity contribution in [2.24, 2.45) is 0 Å². The SMILES string of the molecule is CCCn1cc(CNCCOc2ccccn2)c2ccccc21. The van der Waals surface area contributed by atoms with Crippen LogP contribution in [0, 0.1) is 0 Å². The highest BCUT2D eigenvalue weighted by Crippen LogP contribution is 2.21. The summed E-state index contributed by atoms with van der Waals surface area (Å²) in [4.78, 5) is 4.15. The van der Waals surface area contributed by atoms with Gasteiger partial charge in [-0.1, -0.05) is 31.2 Å². The molecule has 0 fully saturated rings. The molecular weight excluding hydrogens is 286 g/mol. The van der Waals surface area contributed by atoms with E-state index < -0.39 is 0 Å². The topological polar surface area (TPSA) is 39.1 Å². The first-order valence-electron chi connectivity index (χ1n) is 8.20. The minimum atomic E-state index is 0.616. The van der Waals surface area contributed by atoms with Gasteiger partial charge in [0.15, 0.2) is 0 Å². The average Bonchev–Trinajstić information content (AvgIpc) is 2.94. The minimum absolute atomic E-state index is 0.616. The van der Waals surface area contributed by atoms with Crippen LogP contribution in [0.4, 0.5) is 0 Å². The van der Waals surface area contributed by atoms with Gasteiger partial charge in [-0.3, -0.25) is 0 Å². The van der Waals surface area contributed by atoms with Crippen molar-refractivity contribution in [3.63, 3.8) is 0 Å². The number of fused-ring (bicyclic) bond motifs is 1. The summed E-state index contributed by atoms with van der Waals surface area (Å²) >= 11 is 0. The fourth-order valence-corrected chi connectivity index (χ4v) is 2.77. The van der Waals surface area contributed by atoms with Gasteiger partial charge in [-0.25, -0.2) is 4.98 Å². The maximum atomic E-state index is 5.60. The highest BCUT2D eigenvalue weighted by atomic mass is 16.5. The second-order valence-electron chi connectivity index (χ2n) is 5.56. The maximum absolute atomic E-state index is 5.60. The molecule has 0 atom stereocenters. The van der Waals surface area contributed by atoms with Crippen LogP contribution in [0.15, 0.2) is 54.9 Å². The minimum Gasteiger partial charge on any atom is -0.476 e. The largest absolute Gasteiger partial charge is 0.476 e. The summed E-state index contributed by atoms with van der Waals surface area (Å²) in [7, 11) is 0. The number of ether oxygens (including phenoxy) is 1. The van der Waals surface area contributed by atoms with Crippen molar-refractivity contribution in [3.05, 3.63) is 60.4 Å². The van der Waals surface area contributed by atoms with Crippen molar-refractivity contribution in [1.82, 2.24) is 14.9 Å². The molecule has 0 aliphatic heterocycles. The van der Waals surface area contributed by atoms with E-state index in [0.29, 0.717) is 12.5 Å². The summed E-state index contributed by atoms with van der Waals surface area (Å²) < 4.78 is 7.94. The summed E-state index contributed by atoms with van der Waals surface area (Å²) in [6.07, 6.45) is 5.15. The predicted octanol–water partition coefficient (Wildman–Crippen LogP) is 3.61. The van der Waals surface area contributed by atoms with Gasteiger partial charge in [-0.05, 0) is 24.1 Å². The van der Waals surface area contributed by atoms with Gasteiger partial charge in [0.1, 0.15) is 6.61 Å². The average molecular weight is 309 g/mol. The van der Waals surface area contributed by atoms with Gasteiger partial charge in [0.25, 0.3) is 0 Å². The molecule has 0 saturated heterocycles. The summed E-state index contributed by atoms with van der Waals surface area (Å²) in [5.41, 5.74) is 2.66. The van der Waals surface area contributed by atoms with E-state index in [4.69, 9.17) is 4.74 Å². The molecule has 1 aromatic carbocycles. The molecule has 0 spiro atoms. The monoisotopic (exact) mass is 309 g/mol. The van der Waals surface area contributed by atoms with Crippen LogP contribution in [0.1, 0.15) is 18.9 Å². The summed E-state index contributed by atoms with van der Waals surface area (Å²) in [6.45, 7) is 5.53. The van der Waals surface area contributed by atoms with E-state index in [1.54, 1.807) is 6.20 Å². The third kappa shape index (κ3) is 3.90. The number of aryl methyl sites for hydroxylation is 1. The Kier molecular flexibility index (Phi) is 5.27. The molecule has 120 valence electrons. The molecule has 0 aliphatic carbocycles. The van der Waals surface area contributed by atoms with Crippen molar-refractivity contribution in [2.45, 2.75) is 26.4 Å². The number of pyridine rings is 1. The number of aromatic nitrogens is 2. The summed E-state index contributed by atoms with van der Waals surface area (Å²) in [6, 6.07) is 14.3. The van der Waals surface area contributed by atoms with Gasteiger partial charge in [0.05, 0.1) is 0 Å². The Labute approximate surface area is 137 Å². The second-order valence-corrected chi connectivity index (χ2v) is 5.56. The number of para-hydroxylation sites is 1. The van der Waals surface area contributed by atoms with Gasteiger partial charge in [0, 0.05) is 49.0 Å². The molecule has 4 nitrogen and oxygen atoms in total. The van der Waals surface area contributed by atoms with E-state index in [9.17, 15) is 0 Å². The van der Waals surface area contributed by atoms with Crippen molar-refractivity contribution in [1.29, 1.82) is 0 Å². The lowest BCUT2D eigenvalue weighted by Crippen LogP contribution is -2.20. The highest BCUT2D eigenvalue weighted by molar-refractivity contribution is 5.83. The van der Waals surface area contributed by atoms with E-state index in [2.05, 4.69) is 52.3 Å². The molecule has 2 heterocycles. The number of nitrogens with one attached hydrogen (secondary N) is 1. The molecule has 0 bridgehead atoms. The van der Waals surface area contributed by atoms with E-state index in [0.717, 1.165) is 26.1 Å². The van der Waals surface area contributed by atoms with Crippen molar-refractivity contribution >= 4 is 10.9 Å². The van der Waals surface area contributed by atoms with Crippen LogP contribution in [0.25, 0.3) is 10.9 Å². The molecule has 23 heavy (non-hydrogen) atoms. The predicted molar refractivity (Wildman–Crippen MR) is 93.7 cm³/mol. The number of nitrogens with zero attached hydrogens (tertiary/aromatic N) is 2. The first-order valence-corrected chi connectivity index (χ1v) is 8.20. The highest BCUT2D eigenvalue weighted by Gasteiger charge is 2.07. The third-order valence-electron chi connectivity index (χ3n) is 3.82. The molecule has 4 heteroatoms. The van der Waals surface area contributed by atoms with Gasteiger partial charge in [-0.2, -0.15) is 0 Å². The number of hydrogen-bond acceptors (Lipinski definition) is 3. The fourth-order valence-electron chi connectivity index (χ4n) is 2.77. The number of hydrogen-bond donors (Lipinski definition) is 1. The Morgan fingerprint density at radius 3 is 2.83 bits per heavy atom. The standard InChI is InChI=1S/C19H23N3O/c1-2-12-22-15-16(17-7-3-4-8-18(17)22)14-20-11-13-23-19-9-5-6-10-21-19/h3-10,15,20H,2,11-14H2,1H3. The zero-order valence-electron chi connectivity index (χ0n) is 13.5. The van der Waals surface area contributed by atoms with Crippen LogP contribution in [0.2, 0.25) is 0 Å². The van der Waals surface area contributed by atoms with E-state index in [-0.39, 0.29) is 0 Å². The molecule has 0 saturated carbocycles. The van der Waals surface area contributed by atoms with Gasteiger partial charge in [-0.15, -0.1) is 0 Å². The molecule has 3 rings (SSSR count). The molecule has 2 aromatic heterocycles. The fraction of sp³-hybridized carbons (Fsp3) is 0.316. The van der Waals surface area contributed by atoms with Gasteiger partial charge in [0.2, 0.25) is 5.88 Å². The van der Waals surface area contributed by atoms with Crippen molar-refractivity contribution in [2.75, 3.05) is 13.2 Å². The van der Waals surface area contributed by atoms with Gasteiger partial charge < -0.3 is 14.6 Å². The zero-order chi connectivity index (χ0) is 15.9. The lowest BCUT2D eigenvalue weighted by molar-refractivity contribution is 0.302. The Morgan fingerprint density at radius 1 is 1.13 bits per heavy atom. The normalized spacial score (nSPS) is 11.0. The Bertz CT molecular complexity index is 737. The Balaban J connectivity index is 1.55. The lowest BCUT2D eigenvalue weighted by Gasteiger charge is -2.06. The summed E-state index contributed by atoms with van der Waals surface area (Å²) in [5, 5.41) is 4.79. The smallest absolute Gasteiger partial charge is 0.213 e. The first-order chi connectivity index (χ1) is 11.4. The van der Waals surface area contributed by atoms with Crippen LogP contribution in [-0.2, 0) is 13.1 Å². The molecule has 0 radical (unpaired) electrons. The first kappa shape index (κ1) is 15.6. The lowest BCUT2D eigenvalue weighted by atomic mass is 10.2. The van der Waals surface area contributed by atoms with Crippen molar-refractivity contribution in [3.8, 4) is 5.88 Å². The summed E-state index contributed by atoms with van der Waals surface area (Å²) in [5.74, 6) is 0.675. The molecule has 0 amide bonds. The maximum Gasteiger partial charge on any atom is 0.213 e. The Morgan fingerprint density at radius 2 is 2.00 bits per heavy atom. The Hall–Kier alpha value is -2.33. The van der Waals surface area contributed by atoms with E-state index in [1.165, 1.54) is 16.5 Å². The van der Waals surface area contributed by atoms with Gasteiger partial charge >= 0.3 is 0 Å². The van der Waals surface area contributed by atoms with Crippen LogP contribution < -0.4 is 10.1 Å². The van der Waals surface area contributed by atoms with Crippen LogP contribution in [-0.4, -0.2) is 22.7 Å². The molecular formula is C19H23N3O. The van der Waals surface area contributed by atoms with Crippen LogP contribution in [0.5, 0.6) is 5.88 Å². The molecule has 0 unspecified atom stereocenters. The number of rotatable bonds is 8.